The molecule has 4 aliphatic carbocycles. The Bertz CT molecular complexity index is 684. The molecule has 2 unspecified atom stereocenters. The molecule has 0 saturated heterocycles. The summed E-state index contributed by atoms with van der Waals surface area (Å²) in [5.41, 5.74) is -6.59. The maximum atomic E-state index is 12.6. The molecule has 4 bridgehead atoms. The van der Waals surface area contributed by atoms with E-state index in [2.05, 4.69) is 9.50 Å². The van der Waals surface area contributed by atoms with E-state index in [0.717, 1.165) is 12.8 Å². The number of alkyl halides is 3. The van der Waals surface area contributed by atoms with Gasteiger partial charge in [-0.05, 0) is 76.0 Å². The van der Waals surface area contributed by atoms with Crippen molar-refractivity contribution in [1.82, 2.24) is 5.32 Å². The summed E-state index contributed by atoms with van der Waals surface area (Å²) < 4.78 is 69.9. The molecule has 2 atom stereocenters. The highest BCUT2D eigenvalue weighted by atomic mass is 32.2. The van der Waals surface area contributed by atoms with Gasteiger partial charge in [0.05, 0.1) is 6.61 Å². The maximum absolute atomic E-state index is 12.6. The third kappa shape index (κ3) is 4.36. The zero-order chi connectivity index (χ0) is 20.3. The molecular formula is C17H26F3NO5S. The number of hydrogen-bond acceptors (Lipinski definition) is 5. The Kier molecular flexibility index (Phi) is 4.99. The fourth-order valence-electron chi connectivity index (χ4n) is 5.32. The number of amides is 1. The Morgan fingerprint density at radius 3 is 2.15 bits per heavy atom. The quantitative estimate of drug-likeness (QED) is 0.563. The third-order valence-electron chi connectivity index (χ3n) is 5.89. The van der Waals surface area contributed by atoms with Crippen LogP contribution in [-0.2, 0) is 19.0 Å². The smallest absolute Gasteiger partial charge is 0.444 e. The van der Waals surface area contributed by atoms with Crippen LogP contribution in [0.1, 0.15) is 52.9 Å². The number of hydrogen-bond donors (Lipinski definition) is 1. The lowest BCUT2D eigenvalue weighted by atomic mass is 9.48. The summed E-state index contributed by atoms with van der Waals surface area (Å²) in [6, 6.07) is -0.0938. The van der Waals surface area contributed by atoms with Crippen LogP contribution >= 0.6 is 0 Å². The molecule has 0 radical (unpaired) electrons. The summed E-state index contributed by atoms with van der Waals surface area (Å²) in [4.78, 5) is 12.1. The molecule has 4 fully saturated rings. The Labute approximate surface area is 157 Å². The highest BCUT2D eigenvalue weighted by molar-refractivity contribution is 7.87. The van der Waals surface area contributed by atoms with E-state index in [1.807, 2.05) is 0 Å². The first kappa shape index (κ1) is 20.7. The monoisotopic (exact) mass is 413 g/mol. The van der Waals surface area contributed by atoms with Crippen LogP contribution in [0.15, 0.2) is 0 Å². The van der Waals surface area contributed by atoms with Gasteiger partial charge in [-0.3, -0.25) is 4.18 Å². The molecule has 0 aliphatic heterocycles. The van der Waals surface area contributed by atoms with Gasteiger partial charge < -0.3 is 10.1 Å². The van der Waals surface area contributed by atoms with Crippen molar-refractivity contribution in [3.63, 3.8) is 0 Å². The minimum Gasteiger partial charge on any atom is -0.444 e. The van der Waals surface area contributed by atoms with Crippen LogP contribution in [0.3, 0.4) is 0 Å². The van der Waals surface area contributed by atoms with Crippen LogP contribution in [0.4, 0.5) is 18.0 Å². The first-order valence-electron chi connectivity index (χ1n) is 9.15. The fraction of sp³-hybridized carbons (Fsp3) is 0.941. The van der Waals surface area contributed by atoms with Crippen molar-refractivity contribution < 1.29 is 35.3 Å². The van der Waals surface area contributed by atoms with E-state index in [1.54, 1.807) is 20.8 Å². The van der Waals surface area contributed by atoms with Crippen molar-refractivity contribution in [2.75, 3.05) is 6.61 Å². The van der Waals surface area contributed by atoms with Crippen molar-refractivity contribution in [3.05, 3.63) is 0 Å². The molecule has 4 aliphatic rings. The van der Waals surface area contributed by atoms with E-state index >= 15 is 0 Å². The lowest BCUT2D eigenvalue weighted by molar-refractivity contribution is -0.101. The second-order valence-electron chi connectivity index (χ2n) is 9.30. The minimum atomic E-state index is -5.58. The fourth-order valence-corrected chi connectivity index (χ4v) is 5.86. The zero-order valence-corrected chi connectivity index (χ0v) is 16.5. The van der Waals surface area contributed by atoms with Gasteiger partial charge in [-0.25, -0.2) is 4.79 Å². The van der Waals surface area contributed by atoms with Crippen LogP contribution in [0.25, 0.3) is 0 Å². The normalized spacial score (nSPS) is 35.9. The molecule has 1 N–H and O–H groups in total. The standard InChI is InChI=1S/C17H26F3NO5S/c1-15(2,3)26-14(22)21-13-11-4-10-5-12(13)8-16(6-10,7-11)9-25-27(23,24)17(18,19)20/h10-13H,4-9H2,1-3H3,(H,21,22). The van der Waals surface area contributed by atoms with Crippen LogP contribution < -0.4 is 5.32 Å². The highest BCUT2D eigenvalue weighted by Gasteiger charge is 2.57. The molecule has 0 aromatic rings. The van der Waals surface area contributed by atoms with Gasteiger partial charge in [-0.2, -0.15) is 21.6 Å². The second kappa shape index (κ2) is 6.50. The average molecular weight is 413 g/mol. The van der Waals surface area contributed by atoms with Crippen molar-refractivity contribution in [2.24, 2.45) is 23.2 Å². The Morgan fingerprint density at radius 2 is 1.67 bits per heavy atom. The predicted molar refractivity (Wildman–Crippen MR) is 90.1 cm³/mol. The summed E-state index contributed by atoms with van der Waals surface area (Å²) in [5, 5.41) is 2.93. The van der Waals surface area contributed by atoms with Gasteiger partial charge in [0.15, 0.2) is 0 Å². The van der Waals surface area contributed by atoms with Gasteiger partial charge in [0.1, 0.15) is 5.60 Å². The van der Waals surface area contributed by atoms with Gasteiger partial charge in [0.2, 0.25) is 0 Å². The molecule has 156 valence electrons. The highest BCUT2D eigenvalue weighted by Crippen LogP contribution is 2.60. The van der Waals surface area contributed by atoms with Crippen LogP contribution in [-0.4, -0.2) is 38.3 Å². The summed E-state index contributed by atoms with van der Waals surface area (Å²) in [6.45, 7) is 4.88. The lowest BCUT2D eigenvalue weighted by Gasteiger charge is -2.59. The number of nitrogens with one attached hydrogen (secondary N) is 1. The minimum absolute atomic E-state index is 0.0938. The molecule has 4 saturated carbocycles. The lowest BCUT2D eigenvalue weighted by Crippen LogP contribution is -2.60. The summed E-state index contributed by atoms with van der Waals surface area (Å²) >= 11 is 0. The Hall–Kier alpha value is -1.03. The predicted octanol–water partition coefficient (Wildman–Crippen LogP) is 3.57. The van der Waals surface area contributed by atoms with Gasteiger partial charge in [0.25, 0.3) is 0 Å². The first-order valence-corrected chi connectivity index (χ1v) is 10.6. The SMILES string of the molecule is CC(C)(C)OC(=O)NC1C2CC3CC1CC(COS(=O)(=O)C(F)(F)F)(C3)C2. The molecule has 4 rings (SSSR count). The van der Waals surface area contributed by atoms with Gasteiger partial charge in [-0.15, -0.1) is 0 Å². The van der Waals surface area contributed by atoms with Crippen LogP contribution in [0.2, 0.25) is 0 Å². The Morgan fingerprint density at radius 1 is 1.11 bits per heavy atom. The number of carbonyl (C=O) groups excluding carboxylic acids is 1. The Balaban J connectivity index is 1.66. The number of ether oxygens (including phenoxy) is 1. The van der Waals surface area contributed by atoms with Crippen molar-refractivity contribution in [2.45, 2.75) is 70.0 Å². The molecule has 27 heavy (non-hydrogen) atoms. The van der Waals surface area contributed by atoms with Gasteiger partial charge in [-0.1, -0.05) is 0 Å². The summed E-state index contributed by atoms with van der Waals surface area (Å²) in [6.07, 6.45) is 3.04. The molecule has 0 spiro atoms. The first-order chi connectivity index (χ1) is 12.2. The van der Waals surface area contributed by atoms with E-state index < -0.39 is 39.3 Å². The number of carbonyl (C=O) groups is 1. The molecule has 0 aromatic heterocycles. The third-order valence-corrected chi connectivity index (χ3v) is 6.88. The zero-order valence-electron chi connectivity index (χ0n) is 15.6. The molecule has 1 amide bonds. The van der Waals surface area contributed by atoms with E-state index in [-0.39, 0.29) is 17.9 Å². The van der Waals surface area contributed by atoms with E-state index in [1.165, 1.54) is 0 Å². The van der Waals surface area contributed by atoms with E-state index in [4.69, 9.17) is 4.74 Å². The second-order valence-corrected chi connectivity index (χ2v) is 10.9. The summed E-state index contributed by atoms with van der Waals surface area (Å²) in [5.74, 6) is 0.526. The van der Waals surface area contributed by atoms with E-state index in [9.17, 15) is 26.4 Å². The van der Waals surface area contributed by atoms with Crippen molar-refractivity contribution >= 4 is 16.2 Å². The van der Waals surface area contributed by atoms with Gasteiger partial charge >= 0.3 is 21.7 Å². The largest absolute Gasteiger partial charge is 0.523 e. The van der Waals surface area contributed by atoms with Crippen LogP contribution in [0.5, 0.6) is 0 Å². The molecule has 6 nitrogen and oxygen atoms in total. The average Bonchev–Trinajstić information content (AvgIpc) is 2.45. The van der Waals surface area contributed by atoms with Crippen LogP contribution in [0, 0.1) is 23.2 Å². The number of rotatable bonds is 4. The maximum Gasteiger partial charge on any atom is 0.523 e. The molecule has 0 heterocycles. The molecular weight excluding hydrogens is 387 g/mol. The van der Waals surface area contributed by atoms with Gasteiger partial charge in [0, 0.05) is 6.04 Å². The topological polar surface area (TPSA) is 81.7 Å². The summed E-state index contributed by atoms with van der Waals surface area (Å²) in [7, 11) is -5.58. The molecule has 10 heteroatoms. The number of halogens is 3. The van der Waals surface area contributed by atoms with Crippen molar-refractivity contribution in [3.8, 4) is 0 Å². The molecule has 0 aromatic carbocycles. The van der Waals surface area contributed by atoms with E-state index in [0.29, 0.717) is 25.2 Å². The number of alkyl carbamates (subject to hydrolysis) is 1. The van der Waals surface area contributed by atoms with Crippen molar-refractivity contribution in [1.29, 1.82) is 0 Å².